The molecule has 1 radical (unpaired) electrons. The quantitative estimate of drug-likeness (QED) is 0.0482. The van der Waals surface area contributed by atoms with Crippen molar-refractivity contribution in [3.05, 3.63) is 59.4 Å². The van der Waals surface area contributed by atoms with E-state index in [4.69, 9.17) is 14.2 Å². The van der Waals surface area contributed by atoms with Gasteiger partial charge in [-0.25, -0.2) is 4.68 Å². The summed E-state index contributed by atoms with van der Waals surface area (Å²) < 4.78 is 486. The standard InChI is InChI=1S/C45H39F34N10O4/c1-28(2)12-27(13-29(3,4)89(28)90)93-20-24-17-88(85-82-24)14-21-9-25(91-18-22-15-86(83-80-22)7-5-30(46,47)32(50,51)34(54,55)36(58,59)38(62,63)40(66,67)42(70,71)44(74,75)76)11-26(10-21)92-19-23-16-87(84-81-23)8-6-31(48,49)33(52,53)35(56,57)37(60,61)39(64,65)41(68,69)43(72,73)45(77,78)79/h9-11,15-17,27H,5-8,12-14,18-20H2,1-4H3. The molecule has 1 saturated heterocycles. The highest BCUT2D eigenvalue weighted by Crippen LogP contribution is 2.66. The fourth-order valence-electron chi connectivity index (χ4n) is 8.61. The van der Waals surface area contributed by atoms with Crippen LogP contribution in [0.5, 0.6) is 11.5 Å². The van der Waals surface area contributed by atoms with Gasteiger partial charge in [0.2, 0.25) is 0 Å². The highest BCUT2D eigenvalue weighted by molar-refractivity contribution is 5.39. The van der Waals surface area contributed by atoms with Gasteiger partial charge in [-0.2, -0.15) is 149 Å². The number of rotatable bonds is 29. The molecular weight excluding hydrogens is 1390 g/mol. The monoisotopic (exact) mass is 1430 g/mol. The van der Waals surface area contributed by atoms with Crippen molar-refractivity contribution in [1.82, 2.24) is 50.0 Å². The minimum atomic E-state index is -8.86. The number of hydrogen-bond donors (Lipinski definition) is 0. The van der Waals surface area contributed by atoms with Crippen molar-refractivity contribution in [1.29, 1.82) is 0 Å². The lowest BCUT2D eigenvalue weighted by Crippen LogP contribution is -2.74. The molecule has 93 heavy (non-hydrogen) atoms. The average Bonchev–Trinajstić information content (AvgIpc) is 1.18. The average molecular weight is 1430 g/mol. The first-order valence-corrected chi connectivity index (χ1v) is 24.9. The highest BCUT2D eigenvalue weighted by atomic mass is 19.4. The third kappa shape index (κ3) is 13.4. The predicted molar refractivity (Wildman–Crippen MR) is 233 cm³/mol. The van der Waals surface area contributed by atoms with E-state index in [1.54, 1.807) is 27.7 Å². The van der Waals surface area contributed by atoms with E-state index in [0.717, 1.165) is 27.9 Å². The summed E-state index contributed by atoms with van der Waals surface area (Å²) in [5.74, 6) is -117. The summed E-state index contributed by atoms with van der Waals surface area (Å²) in [5.41, 5.74) is -2.78. The molecule has 0 bridgehead atoms. The molecule has 1 fully saturated rings. The maximum Gasteiger partial charge on any atom is 0.460 e. The predicted octanol–water partition coefficient (Wildman–Crippen LogP) is 14.4. The number of hydrogen-bond acceptors (Lipinski definition) is 10. The molecule has 0 N–H and O–H groups in total. The van der Waals surface area contributed by atoms with Gasteiger partial charge in [0.1, 0.15) is 41.8 Å². The van der Waals surface area contributed by atoms with E-state index in [0.29, 0.717) is 12.4 Å². The number of aromatic nitrogens is 9. The van der Waals surface area contributed by atoms with E-state index in [1.165, 1.54) is 6.20 Å². The summed E-state index contributed by atoms with van der Waals surface area (Å²) in [7, 11) is 0. The molecule has 1 aliphatic heterocycles. The fraction of sp³-hybridized carbons (Fsp3) is 0.733. The number of ether oxygens (including phenoxy) is 3. The van der Waals surface area contributed by atoms with Gasteiger partial charge in [0, 0.05) is 43.1 Å². The summed E-state index contributed by atoms with van der Waals surface area (Å²) in [4.78, 5) is 0. The molecule has 14 nitrogen and oxygen atoms in total. The Hall–Kier alpha value is -6.26. The van der Waals surface area contributed by atoms with E-state index in [9.17, 15) is 154 Å². The maximum atomic E-state index is 14.6. The van der Waals surface area contributed by atoms with Gasteiger partial charge in [0.15, 0.2) is 0 Å². The Labute approximate surface area is 495 Å². The van der Waals surface area contributed by atoms with Crippen molar-refractivity contribution in [2.24, 2.45) is 0 Å². The van der Waals surface area contributed by atoms with Crippen molar-refractivity contribution in [3.63, 3.8) is 0 Å². The van der Waals surface area contributed by atoms with Crippen LogP contribution in [-0.2, 0) is 49.4 Å². The number of alkyl halides is 34. The van der Waals surface area contributed by atoms with Gasteiger partial charge in [-0.1, -0.05) is 15.6 Å². The number of benzene rings is 1. The van der Waals surface area contributed by atoms with Crippen molar-refractivity contribution in [2.75, 3.05) is 0 Å². The second-order valence-corrected chi connectivity index (χ2v) is 21.8. The van der Waals surface area contributed by atoms with E-state index < -0.39 is 174 Å². The summed E-state index contributed by atoms with van der Waals surface area (Å²) >= 11 is 0. The molecule has 531 valence electrons. The minimum Gasteiger partial charge on any atom is -0.487 e. The number of nitrogens with zero attached hydrogens (tertiary/aromatic N) is 10. The molecule has 5 rings (SSSR count). The number of hydroxylamine groups is 2. The second-order valence-electron chi connectivity index (χ2n) is 21.8. The van der Waals surface area contributed by atoms with Crippen LogP contribution in [0.4, 0.5) is 149 Å². The minimum absolute atomic E-state index is 0.00629. The largest absolute Gasteiger partial charge is 0.487 e. The summed E-state index contributed by atoms with van der Waals surface area (Å²) in [6.07, 6.45) is -19.6. The van der Waals surface area contributed by atoms with Gasteiger partial charge < -0.3 is 14.2 Å². The van der Waals surface area contributed by atoms with Crippen LogP contribution in [0.3, 0.4) is 0 Å². The molecule has 0 aliphatic carbocycles. The van der Waals surface area contributed by atoms with E-state index in [1.807, 2.05) is 0 Å². The molecule has 3 aromatic heterocycles. The lowest BCUT2D eigenvalue weighted by molar-refractivity contribution is -0.461. The Morgan fingerprint density at radius 3 is 1.00 bits per heavy atom. The molecule has 1 aliphatic rings. The first-order chi connectivity index (χ1) is 41.3. The van der Waals surface area contributed by atoms with Gasteiger partial charge in [-0.3, -0.25) is 9.36 Å². The van der Waals surface area contributed by atoms with Gasteiger partial charge in [0.25, 0.3) is 0 Å². The Kier molecular flexibility index (Phi) is 20.1. The van der Waals surface area contributed by atoms with Crippen LogP contribution >= 0.6 is 0 Å². The normalized spacial score (nSPS) is 17.4. The van der Waals surface area contributed by atoms with Crippen molar-refractivity contribution < 1.29 is 169 Å². The van der Waals surface area contributed by atoms with Crippen LogP contribution in [0.2, 0.25) is 0 Å². The van der Waals surface area contributed by atoms with E-state index in [-0.39, 0.29) is 46.6 Å². The zero-order chi connectivity index (χ0) is 72.0. The zero-order valence-corrected chi connectivity index (χ0v) is 46.1. The van der Waals surface area contributed by atoms with Crippen LogP contribution in [0, 0.1) is 0 Å². The number of halogens is 34. The molecular formula is C45H39F34N10O4. The van der Waals surface area contributed by atoms with Gasteiger partial charge in [0.05, 0.1) is 37.8 Å². The second kappa shape index (κ2) is 24.1. The van der Waals surface area contributed by atoms with Crippen LogP contribution < -0.4 is 9.47 Å². The molecule has 0 saturated carbocycles. The van der Waals surface area contributed by atoms with Crippen molar-refractivity contribution in [3.8, 4) is 11.5 Å². The van der Waals surface area contributed by atoms with Crippen LogP contribution in [0.15, 0.2) is 36.8 Å². The number of aryl methyl sites for hydroxylation is 2. The first-order valence-electron chi connectivity index (χ1n) is 24.9. The molecule has 0 amide bonds. The third-order valence-electron chi connectivity index (χ3n) is 13.7. The molecule has 1 aromatic carbocycles. The molecule has 0 spiro atoms. The van der Waals surface area contributed by atoms with Crippen LogP contribution in [0.25, 0.3) is 0 Å². The molecule has 48 heteroatoms. The smallest absolute Gasteiger partial charge is 0.460 e. The summed E-state index contributed by atoms with van der Waals surface area (Å²) in [5, 5.41) is 34.3. The third-order valence-corrected chi connectivity index (χ3v) is 13.7. The lowest BCUT2D eigenvalue weighted by atomic mass is 9.80. The van der Waals surface area contributed by atoms with Crippen LogP contribution in [0.1, 0.15) is 76.0 Å². The Morgan fingerprint density at radius 2 is 0.677 bits per heavy atom. The SMILES string of the molecule is CC1(C)CC(OCc2cn(Cc3cc(OCc4cn(CCC(F)(F)C(F)(F)C(F)(F)C(F)(F)C(F)(F)C(F)(F)C(F)(F)C(F)(F)F)nn4)cc(OCc4cn(CCC(F)(F)C(F)(F)C(F)(F)C(F)(F)C(F)(F)C(F)(F)C(F)(F)C(F)(F)F)nn4)c3)nn2)CC(C)(C)N1[O]. The van der Waals surface area contributed by atoms with E-state index >= 15 is 0 Å². The van der Waals surface area contributed by atoms with Crippen LogP contribution in [-0.4, -0.2) is 162 Å². The topological polar surface area (TPSA) is 143 Å². The highest BCUT2D eigenvalue weighted by Gasteiger charge is 2.97. The molecule has 4 heterocycles. The van der Waals surface area contributed by atoms with Gasteiger partial charge >= 0.3 is 95.3 Å². The molecule has 4 aromatic rings. The number of piperidine rings is 1. The summed E-state index contributed by atoms with van der Waals surface area (Å²) in [6, 6.07) is 3.14. The lowest BCUT2D eigenvalue weighted by Gasteiger charge is -2.49. The Morgan fingerprint density at radius 1 is 0.398 bits per heavy atom. The molecule has 0 unspecified atom stereocenters. The van der Waals surface area contributed by atoms with Crippen molar-refractivity contribution in [2.45, 2.75) is 205 Å². The van der Waals surface area contributed by atoms with Gasteiger partial charge in [-0.15, -0.1) is 25.6 Å². The Balaban J connectivity index is 1.35. The van der Waals surface area contributed by atoms with Gasteiger partial charge in [-0.05, 0) is 58.2 Å². The zero-order valence-electron chi connectivity index (χ0n) is 46.1. The summed E-state index contributed by atoms with van der Waals surface area (Å²) in [6.45, 7) is 0.355. The van der Waals surface area contributed by atoms with Crippen molar-refractivity contribution >= 4 is 0 Å². The maximum absolute atomic E-state index is 14.6. The first kappa shape index (κ1) is 77.4. The fourth-order valence-corrected chi connectivity index (χ4v) is 8.61. The molecule has 0 atom stereocenters. The van der Waals surface area contributed by atoms with E-state index in [2.05, 4.69) is 30.9 Å². The Bertz CT molecular complexity index is 3050.